The molecule has 0 fully saturated rings. The number of carbonyl (C=O) groups is 1. The van der Waals surface area contributed by atoms with Crippen LogP contribution in [0.15, 0.2) is 34.9 Å². The Hall–Kier alpha value is -1.79. The van der Waals surface area contributed by atoms with Gasteiger partial charge >= 0.3 is 5.97 Å². The first-order valence-corrected chi connectivity index (χ1v) is 7.21. The second-order valence-corrected chi connectivity index (χ2v) is 5.78. The van der Waals surface area contributed by atoms with Crippen LogP contribution in [0.5, 0.6) is 17.4 Å². The molecule has 3 rings (SSSR count). The Morgan fingerprint density at radius 1 is 1.48 bits per heavy atom. The lowest BCUT2D eigenvalue weighted by Gasteiger charge is -2.08. The van der Waals surface area contributed by atoms with E-state index in [2.05, 4.69) is 20.9 Å². The highest BCUT2D eigenvalue weighted by Crippen LogP contribution is 2.35. The predicted molar refractivity (Wildman–Crippen MR) is 79.2 cm³/mol. The number of aromatic nitrogens is 1. The maximum absolute atomic E-state index is 10.9. The first-order chi connectivity index (χ1) is 10.0. The topological polar surface area (TPSA) is 68.7 Å². The minimum atomic E-state index is -0.980. The van der Waals surface area contributed by atoms with Crippen LogP contribution in [-0.2, 0) is 11.2 Å². The molecule has 0 aliphatic carbocycles. The molecule has 0 saturated heterocycles. The van der Waals surface area contributed by atoms with Gasteiger partial charge in [0.05, 0.1) is 0 Å². The van der Waals surface area contributed by atoms with Crippen LogP contribution < -0.4 is 9.47 Å². The van der Waals surface area contributed by atoms with Crippen molar-refractivity contribution in [3.8, 4) is 17.4 Å². The number of aliphatic carboxylic acids is 1. The number of fused-ring (bicyclic) bond motifs is 1. The molecule has 2 aromatic rings. The monoisotopic (exact) mass is 369 g/mol. The first kappa shape index (κ1) is 14.2. The molecule has 0 saturated carbocycles. The van der Waals surface area contributed by atoms with Crippen molar-refractivity contribution < 1.29 is 19.4 Å². The fourth-order valence-corrected chi connectivity index (χ4v) is 2.67. The summed E-state index contributed by atoms with van der Waals surface area (Å²) < 4.78 is 11.7. The molecule has 5 nitrogen and oxygen atoms in total. The summed E-state index contributed by atoms with van der Waals surface area (Å²) in [6.07, 6.45) is 1.08. The van der Waals surface area contributed by atoms with E-state index in [4.69, 9.17) is 26.2 Å². The number of carboxylic acid groups (broad SMARTS) is 1. The van der Waals surface area contributed by atoms with Crippen molar-refractivity contribution in [2.75, 3.05) is 0 Å². The Bertz CT molecular complexity index is 722. The van der Waals surface area contributed by atoms with Gasteiger partial charge in [0.1, 0.15) is 16.5 Å². The van der Waals surface area contributed by atoms with Crippen molar-refractivity contribution in [1.29, 1.82) is 0 Å². The van der Waals surface area contributed by atoms with E-state index in [1.807, 2.05) is 0 Å². The normalized spacial score (nSPS) is 16.2. The third kappa shape index (κ3) is 2.96. The summed E-state index contributed by atoms with van der Waals surface area (Å²) >= 11 is 9.30. The van der Waals surface area contributed by atoms with E-state index < -0.39 is 12.1 Å². The Labute approximate surface area is 133 Å². The van der Waals surface area contributed by atoms with Crippen LogP contribution in [0.1, 0.15) is 5.56 Å². The summed E-state index contributed by atoms with van der Waals surface area (Å²) in [5, 5.41) is 9.33. The first-order valence-electron chi connectivity index (χ1n) is 6.04. The number of hydrogen-bond acceptors (Lipinski definition) is 4. The number of ether oxygens (including phenoxy) is 2. The second-order valence-electron chi connectivity index (χ2n) is 4.46. The molecule has 1 aromatic carbocycles. The number of rotatable bonds is 3. The minimum Gasteiger partial charge on any atom is -0.478 e. The van der Waals surface area contributed by atoms with Gasteiger partial charge in [0, 0.05) is 23.2 Å². The third-order valence-corrected chi connectivity index (χ3v) is 3.68. The zero-order valence-corrected chi connectivity index (χ0v) is 12.9. The largest absolute Gasteiger partial charge is 0.478 e. The summed E-state index contributed by atoms with van der Waals surface area (Å²) in [7, 11) is 0. The number of benzene rings is 1. The van der Waals surface area contributed by atoms with E-state index in [9.17, 15) is 4.79 Å². The Morgan fingerprint density at radius 3 is 3.00 bits per heavy atom. The van der Waals surface area contributed by atoms with Gasteiger partial charge in [-0.1, -0.05) is 17.7 Å². The highest BCUT2D eigenvalue weighted by atomic mass is 79.9. The van der Waals surface area contributed by atoms with Crippen LogP contribution in [0, 0.1) is 0 Å². The number of hydrogen-bond donors (Lipinski definition) is 1. The lowest BCUT2D eigenvalue weighted by Crippen LogP contribution is -2.24. The average molecular weight is 371 g/mol. The van der Waals surface area contributed by atoms with Gasteiger partial charge in [-0.3, -0.25) is 0 Å². The molecule has 0 radical (unpaired) electrons. The molecular weight excluding hydrogens is 362 g/mol. The van der Waals surface area contributed by atoms with Crippen LogP contribution in [0.2, 0.25) is 5.02 Å². The maximum Gasteiger partial charge on any atom is 0.345 e. The number of pyridine rings is 1. The Balaban J connectivity index is 1.83. The molecular formula is C14H9BrClNO4. The zero-order chi connectivity index (χ0) is 15.0. The van der Waals surface area contributed by atoms with Crippen molar-refractivity contribution in [2.45, 2.75) is 12.5 Å². The Morgan fingerprint density at radius 2 is 2.29 bits per heavy atom. The molecule has 1 aromatic heterocycles. The smallest absolute Gasteiger partial charge is 0.345 e. The van der Waals surface area contributed by atoms with Crippen LogP contribution in [0.25, 0.3) is 0 Å². The highest BCUT2D eigenvalue weighted by Gasteiger charge is 2.29. The van der Waals surface area contributed by atoms with Crippen LogP contribution >= 0.6 is 27.5 Å². The molecule has 21 heavy (non-hydrogen) atoms. The molecule has 0 spiro atoms. The minimum absolute atomic E-state index is 0.271. The molecule has 1 atom stereocenters. The summed E-state index contributed by atoms with van der Waals surface area (Å²) in [5.41, 5.74) is 0.838. The van der Waals surface area contributed by atoms with E-state index in [1.54, 1.807) is 30.5 Å². The highest BCUT2D eigenvalue weighted by molar-refractivity contribution is 9.10. The SMILES string of the molecule is O=C(O)C1Cc2ccc(Oc3ncc(Br)cc3Cl)cc2O1. The molecule has 1 aliphatic heterocycles. The average Bonchev–Trinajstić information content (AvgIpc) is 2.85. The van der Waals surface area contributed by atoms with Crippen molar-refractivity contribution >= 4 is 33.5 Å². The lowest BCUT2D eigenvalue weighted by molar-refractivity contribution is -0.144. The molecule has 1 unspecified atom stereocenters. The van der Waals surface area contributed by atoms with E-state index in [0.29, 0.717) is 22.9 Å². The molecule has 108 valence electrons. The van der Waals surface area contributed by atoms with Gasteiger partial charge in [0.25, 0.3) is 0 Å². The quantitative estimate of drug-likeness (QED) is 0.892. The third-order valence-electron chi connectivity index (χ3n) is 2.98. The summed E-state index contributed by atoms with van der Waals surface area (Å²) in [4.78, 5) is 15.0. The fraction of sp³-hybridized carbons (Fsp3) is 0.143. The maximum atomic E-state index is 10.9. The lowest BCUT2D eigenvalue weighted by atomic mass is 10.1. The van der Waals surface area contributed by atoms with Crippen LogP contribution in [0.3, 0.4) is 0 Å². The van der Waals surface area contributed by atoms with Gasteiger partial charge in [-0.2, -0.15) is 0 Å². The number of nitrogens with zero attached hydrogens (tertiary/aromatic N) is 1. The van der Waals surface area contributed by atoms with Gasteiger partial charge in [0.2, 0.25) is 5.88 Å². The van der Waals surface area contributed by atoms with Crippen LogP contribution in [0.4, 0.5) is 0 Å². The van der Waals surface area contributed by atoms with Crippen molar-refractivity contribution in [2.24, 2.45) is 0 Å². The van der Waals surface area contributed by atoms with Crippen molar-refractivity contribution in [1.82, 2.24) is 4.98 Å². The molecule has 0 bridgehead atoms. The van der Waals surface area contributed by atoms with Gasteiger partial charge in [0.15, 0.2) is 6.10 Å². The van der Waals surface area contributed by atoms with E-state index in [-0.39, 0.29) is 5.88 Å². The van der Waals surface area contributed by atoms with Gasteiger partial charge < -0.3 is 14.6 Å². The molecule has 0 amide bonds. The summed E-state index contributed by atoms with van der Waals surface area (Å²) in [6, 6.07) is 6.82. The molecule has 1 N–H and O–H groups in total. The van der Waals surface area contributed by atoms with Gasteiger partial charge in [-0.15, -0.1) is 0 Å². The standard InChI is InChI=1S/C14H9BrClNO4/c15-8-4-10(16)13(17-6-8)20-9-2-1-7-3-12(14(18)19)21-11(7)5-9/h1-2,4-6,12H,3H2,(H,18,19). The summed E-state index contributed by atoms with van der Waals surface area (Å²) in [6.45, 7) is 0. The number of carboxylic acids is 1. The van der Waals surface area contributed by atoms with E-state index >= 15 is 0 Å². The molecule has 2 heterocycles. The van der Waals surface area contributed by atoms with E-state index in [0.717, 1.165) is 10.0 Å². The van der Waals surface area contributed by atoms with Gasteiger partial charge in [-0.05, 0) is 33.6 Å². The molecule has 1 aliphatic rings. The fourth-order valence-electron chi connectivity index (χ4n) is 2.00. The molecule has 7 heteroatoms. The van der Waals surface area contributed by atoms with Gasteiger partial charge in [-0.25, -0.2) is 9.78 Å². The van der Waals surface area contributed by atoms with Crippen molar-refractivity contribution in [3.63, 3.8) is 0 Å². The number of halogens is 2. The van der Waals surface area contributed by atoms with Crippen molar-refractivity contribution in [3.05, 3.63) is 45.5 Å². The van der Waals surface area contributed by atoms with E-state index in [1.165, 1.54) is 0 Å². The predicted octanol–water partition coefficient (Wildman–Crippen LogP) is 3.68. The zero-order valence-electron chi connectivity index (χ0n) is 10.5. The Kier molecular flexibility index (Phi) is 3.73. The second kappa shape index (κ2) is 5.54. The summed E-state index contributed by atoms with van der Waals surface area (Å²) in [5.74, 6) is 0.281. The van der Waals surface area contributed by atoms with Crippen LogP contribution in [-0.4, -0.2) is 22.2 Å².